The minimum atomic E-state index is -1.31. The maximum atomic E-state index is 13.0. The lowest BCUT2D eigenvalue weighted by Crippen LogP contribution is -2.58. The van der Waals surface area contributed by atoms with E-state index in [9.17, 15) is 24.6 Å². The number of carboxylic acid groups (broad SMARTS) is 1. The van der Waals surface area contributed by atoms with E-state index in [1.165, 1.54) is 13.2 Å². The first-order chi connectivity index (χ1) is 14.4. The number of ether oxygens (including phenoxy) is 3. The standard InChI is InChI=1S/C22H32O9/c1-5-16-6-13(7-20(28)29-4)11-22(30-16)12-17(25)21(2,3)18(31-22)9-14(23)8-15(24)10-19(26)27/h5,7,14-16,18,23-24H,1,6,8-12H2,2-4H3,(H,26,27)/b13-7-/t14-,15-,16+,18+,22-/m1/s1. The number of methoxy groups -OCH3 is 1. The van der Waals surface area contributed by atoms with Gasteiger partial charge in [0, 0.05) is 24.3 Å². The molecule has 2 aliphatic heterocycles. The molecule has 31 heavy (non-hydrogen) atoms. The predicted molar refractivity (Wildman–Crippen MR) is 109 cm³/mol. The van der Waals surface area contributed by atoms with Gasteiger partial charge in [0.1, 0.15) is 5.78 Å². The van der Waals surface area contributed by atoms with Crippen LogP contribution >= 0.6 is 0 Å². The van der Waals surface area contributed by atoms with Gasteiger partial charge in [-0.3, -0.25) is 9.59 Å². The highest BCUT2D eigenvalue weighted by Crippen LogP contribution is 2.46. The monoisotopic (exact) mass is 440 g/mol. The molecule has 2 aliphatic rings. The van der Waals surface area contributed by atoms with Gasteiger partial charge in [-0.15, -0.1) is 6.58 Å². The second-order valence-electron chi connectivity index (χ2n) is 8.81. The smallest absolute Gasteiger partial charge is 0.330 e. The molecule has 2 saturated heterocycles. The van der Waals surface area contributed by atoms with Crippen molar-refractivity contribution in [3.8, 4) is 0 Å². The van der Waals surface area contributed by atoms with Crippen molar-refractivity contribution in [3.63, 3.8) is 0 Å². The van der Waals surface area contributed by atoms with Crippen LogP contribution in [0.15, 0.2) is 24.3 Å². The number of aliphatic hydroxyl groups is 2. The van der Waals surface area contributed by atoms with Crippen molar-refractivity contribution >= 4 is 17.7 Å². The Kier molecular flexibility index (Phi) is 8.15. The minimum absolute atomic E-state index is 0.00926. The van der Waals surface area contributed by atoms with E-state index < -0.39 is 54.0 Å². The van der Waals surface area contributed by atoms with E-state index in [0.717, 1.165) is 0 Å². The van der Waals surface area contributed by atoms with Crippen LogP contribution in [-0.4, -0.2) is 70.4 Å². The Morgan fingerprint density at radius 1 is 1.26 bits per heavy atom. The number of Topliss-reactive ketones (excluding diaryl/α,β-unsaturated/α-hetero) is 1. The van der Waals surface area contributed by atoms with Crippen molar-refractivity contribution in [1.82, 2.24) is 0 Å². The molecule has 174 valence electrons. The Labute approximate surface area is 181 Å². The molecule has 0 aromatic rings. The molecule has 0 aromatic heterocycles. The summed E-state index contributed by atoms with van der Waals surface area (Å²) in [6.07, 6.45) is -0.643. The van der Waals surface area contributed by atoms with Gasteiger partial charge in [-0.25, -0.2) is 4.79 Å². The average molecular weight is 440 g/mol. The Hall–Kier alpha value is -2.07. The highest BCUT2D eigenvalue weighted by atomic mass is 16.7. The number of aliphatic carboxylic acids is 1. The Morgan fingerprint density at radius 2 is 1.94 bits per heavy atom. The molecule has 9 nitrogen and oxygen atoms in total. The molecule has 2 heterocycles. The fourth-order valence-electron chi connectivity index (χ4n) is 4.06. The summed E-state index contributed by atoms with van der Waals surface area (Å²) in [5.41, 5.74) is -0.229. The zero-order valence-corrected chi connectivity index (χ0v) is 18.2. The van der Waals surface area contributed by atoms with Gasteiger partial charge in [-0.2, -0.15) is 0 Å². The maximum Gasteiger partial charge on any atom is 0.330 e. The lowest BCUT2D eigenvalue weighted by atomic mass is 9.73. The second kappa shape index (κ2) is 10.0. The summed E-state index contributed by atoms with van der Waals surface area (Å²) in [7, 11) is 1.28. The van der Waals surface area contributed by atoms with Gasteiger partial charge in [-0.1, -0.05) is 25.5 Å². The van der Waals surface area contributed by atoms with Crippen molar-refractivity contribution in [2.24, 2.45) is 5.41 Å². The van der Waals surface area contributed by atoms with Crippen molar-refractivity contribution in [3.05, 3.63) is 24.3 Å². The predicted octanol–water partition coefficient (Wildman–Crippen LogP) is 1.51. The molecule has 0 amide bonds. The molecule has 0 aromatic carbocycles. The molecule has 2 fully saturated rings. The van der Waals surface area contributed by atoms with E-state index in [1.807, 2.05) is 0 Å². The summed E-state index contributed by atoms with van der Waals surface area (Å²) in [5, 5.41) is 29.0. The number of aliphatic hydroxyl groups excluding tert-OH is 2. The van der Waals surface area contributed by atoms with Gasteiger partial charge in [0.05, 0.1) is 44.4 Å². The maximum absolute atomic E-state index is 13.0. The minimum Gasteiger partial charge on any atom is -0.481 e. The van der Waals surface area contributed by atoms with Gasteiger partial charge in [0.25, 0.3) is 0 Å². The topological polar surface area (TPSA) is 140 Å². The number of carbonyl (C=O) groups is 3. The number of rotatable bonds is 8. The molecule has 1 spiro atoms. The highest BCUT2D eigenvalue weighted by molar-refractivity contribution is 5.86. The lowest BCUT2D eigenvalue weighted by molar-refractivity contribution is -0.309. The zero-order valence-electron chi connectivity index (χ0n) is 18.2. The van der Waals surface area contributed by atoms with E-state index in [0.29, 0.717) is 12.0 Å². The van der Waals surface area contributed by atoms with Gasteiger partial charge in [0.15, 0.2) is 5.79 Å². The van der Waals surface area contributed by atoms with Crippen molar-refractivity contribution in [1.29, 1.82) is 0 Å². The fourth-order valence-corrected chi connectivity index (χ4v) is 4.06. The summed E-state index contributed by atoms with van der Waals surface area (Å²) in [6, 6.07) is 0. The van der Waals surface area contributed by atoms with Crippen molar-refractivity contribution in [2.75, 3.05) is 7.11 Å². The summed E-state index contributed by atoms with van der Waals surface area (Å²) in [5.74, 6) is -3.12. The van der Waals surface area contributed by atoms with Crippen molar-refractivity contribution in [2.45, 2.75) is 82.6 Å². The van der Waals surface area contributed by atoms with Gasteiger partial charge in [-0.05, 0) is 12.8 Å². The third kappa shape index (κ3) is 6.46. The van der Waals surface area contributed by atoms with Gasteiger partial charge >= 0.3 is 11.9 Å². The molecular formula is C22H32O9. The average Bonchev–Trinajstić information content (AvgIpc) is 2.65. The van der Waals surface area contributed by atoms with Crippen LogP contribution in [0, 0.1) is 5.41 Å². The number of carboxylic acids is 1. The van der Waals surface area contributed by atoms with Crippen LogP contribution in [0.25, 0.3) is 0 Å². The molecule has 9 heteroatoms. The largest absolute Gasteiger partial charge is 0.481 e. The molecular weight excluding hydrogens is 408 g/mol. The Bertz CT molecular complexity index is 741. The van der Waals surface area contributed by atoms with E-state index in [4.69, 9.17) is 19.3 Å². The second-order valence-corrected chi connectivity index (χ2v) is 8.81. The van der Waals surface area contributed by atoms with E-state index >= 15 is 0 Å². The van der Waals surface area contributed by atoms with Crippen LogP contribution in [0.3, 0.4) is 0 Å². The normalized spacial score (nSPS) is 31.3. The van der Waals surface area contributed by atoms with Crippen LogP contribution in [-0.2, 0) is 28.6 Å². The molecule has 5 atom stereocenters. The first-order valence-corrected chi connectivity index (χ1v) is 10.3. The van der Waals surface area contributed by atoms with Crippen LogP contribution in [0.5, 0.6) is 0 Å². The van der Waals surface area contributed by atoms with Crippen LogP contribution in [0.2, 0.25) is 0 Å². The zero-order chi connectivity index (χ0) is 23.4. The molecule has 0 bridgehead atoms. The lowest BCUT2D eigenvalue weighted by Gasteiger charge is -2.51. The first kappa shape index (κ1) is 25.2. The quantitative estimate of drug-likeness (QED) is 0.291. The number of ketones is 1. The Balaban J connectivity index is 2.23. The van der Waals surface area contributed by atoms with Gasteiger partial charge < -0.3 is 29.5 Å². The molecule has 3 N–H and O–H groups in total. The number of hydrogen-bond donors (Lipinski definition) is 3. The molecule has 0 radical (unpaired) electrons. The Morgan fingerprint density at radius 3 is 2.52 bits per heavy atom. The highest BCUT2D eigenvalue weighted by Gasteiger charge is 2.54. The van der Waals surface area contributed by atoms with Crippen LogP contribution < -0.4 is 0 Å². The van der Waals surface area contributed by atoms with Crippen LogP contribution in [0.4, 0.5) is 0 Å². The number of esters is 1. The SMILES string of the molecule is C=C[C@H]1C/C(=C/C(=O)OC)C[C@@]2(CC(=O)C(C)(C)[C@H](C[C@H](O)C[C@@H](O)CC(=O)O)O2)O1. The van der Waals surface area contributed by atoms with E-state index in [1.54, 1.807) is 19.9 Å². The number of carbonyl (C=O) groups excluding carboxylic acids is 2. The van der Waals surface area contributed by atoms with E-state index in [2.05, 4.69) is 6.58 Å². The first-order valence-electron chi connectivity index (χ1n) is 10.3. The molecule has 0 saturated carbocycles. The van der Waals surface area contributed by atoms with Crippen LogP contribution in [0.1, 0.15) is 52.4 Å². The number of hydrogen-bond acceptors (Lipinski definition) is 8. The summed E-state index contributed by atoms with van der Waals surface area (Å²) < 4.78 is 17.0. The van der Waals surface area contributed by atoms with E-state index in [-0.39, 0.29) is 31.5 Å². The molecule has 0 unspecified atom stereocenters. The molecule has 0 aliphatic carbocycles. The third-order valence-electron chi connectivity index (χ3n) is 5.86. The third-order valence-corrected chi connectivity index (χ3v) is 5.86. The summed E-state index contributed by atoms with van der Waals surface area (Å²) >= 11 is 0. The van der Waals surface area contributed by atoms with Gasteiger partial charge in [0.2, 0.25) is 0 Å². The summed E-state index contributed by atoms with van der Waals surface area (Å²) in [4.78, 5) is 35.5. The summed E-state index contributed by atoms with van der Waals surface area (Å²) in [6.45, 7) is 7.17. The molecule has 2 rings (SSSR count). The van der Waals surface area contributed by atoms with Crippen molar-refractivity contribution < 1.29 is 43.9 Å². The fraction of sp³-hybridized carbons (Fsp3) is 0.682.